The van der Waals surface area contributed by atoms with Gasteiger partial charge in [0.1, 0.15) is 11.9 Å². The average molecular weight is 346 g/mol. The first kappa shape index (κ1) is 17.0. The molecule has 0 radical (unpaired) electrons. The standard InChI is InChI=1S/C20H27FN2O2/c21-15-5-4-13-2-1-3-18(17(13)12-15)23-10-8-14(9-11-23)19(24)20(25)22-16-6-7-16/h4-5,12,14,16,18-19,24H,1-3,6-11H2,(H,22,25)/t18-,19+/m1/s1. The lowest BCUT2D eigenvalue weighted by molar-refractivity contribution is -0.133. The molecule has 2 aliphatic carbocycles. The van der Waals surface area contributed by atoms with Gasteiger partial charge in [0, 0.05) is 12.1 Å². The quantitative estimate of drug-likeness (QED) is 0.881. The zero-order valence-corrected chi connectivity index (χ0v) is 14.6. The van der Waals surface area contributed by atoms with Gasteiger partial charge in [-0.1, -0.05) is 6.07 Å². The molecule has 4 nitrogen and oxygen atoms in total. The normalized spacial score (nSPS) is 26.1. The van der Waals surface area contributed by atoms with Crippen LogP contribution in [-0.2, 0) is 11.2 Å². The molecule has 2 fully saturated rings. The van der Waals surface area contributed by atoms with E-state index < -0.39 is 6.10 Å². The van der Waals surface area contributed by atoms with E-state index in [9.17, 15) is 14.3 Å². The molecule has 1 amide bonds. The first-order valence-corrected chi connectivity index (χ1v) is 9.62. The number of halogens is 1. The lowest BCUT2D eigenvalue weighted by Gasteiger charge is -2.41. The minimum absolute atomic E-state index is 0.0329. The molecule has 0 spiro atoms. The molecule has 3 aliphatic rings. The van der Waals surface area contributed by atoms with Gasteiger partial charge in [0.15, 0.2) is 0 Å². The molecule has 1 aliphatic heterocycles. The molecule has 1 aromatic rings. The first-order valence-electron chi connectivity index (χ1n) is 9.62. The number of amides is 1. The van der Waals surface area contributed by atoms with Crippen LogP contribution < -0.4 is 5.32 Å². The van der Waals surface area contributed by atoms with Crippen LogP contribution in [0.2, 0.25) is 0 Å². The maximum Gasteiger partial charge on any atom is 0.249 e. The van der Waals surface area contributed by atoms with E-state index in [1.165, 1.54) is 5.56 Å². The van der Waals surface area contributed by atoms with Crippen molar-refractivity contribution in [1.82, 2.24) is 10.2 Å². The maximum atomic E-state index is 13.7. The molecule has 0 bridgehead atoms. The number of likely N-dealkylation sites (tertiary alicyclic amines) is 1. The van der Waals surface area contributed by atoms with Crippen LogP contribution in [0.3, 0.4) is 0 Å². The van der Waals surface area contributed by atoms with E-state index in [0.29, 0.717) is 0 Å². The Bertz CT molecular complexity index is 639. The Labute approximate surface area is 148 Å². The highest BCUT2D eigenvalue weighted by atomic mass is 19.1. The van der Waals surface area contributed by atoms with Crippen molar-refractivity contribution in [3.63, 3.8) is 0 Å². The SMILES string of the molecule is O=C(NC1CC1)[C@@H](O)C1CCN([C@@H]2CCCc3ccc(F)cc32)CC1. The fraction of sp³-hybridized carbons (Fsp3) is 0.650. The van der Waals surface area contributed by atoms with Crippen molar-refractivity contribution in [3.05, 3.63) is 35.1 Å². The second-order valence-corrected chi connectivity index (χ2v) is 7.85. The van der Waals surface area contributed by atoms with Crippen molar-refractivity contribution in [2.75, 3.05) is 13.1 Å². The molecule has 0 unspecified atom stereocenters. The third-order valence-corrected chi connectivity index (χ3v) is 6.04. The van der Waals surface area contributed by atoms with Gasteiger partial charge in [-0.15, -0.1) is 0 Å². The van der Waals surface area contributed by atoms with Gasteiger partial charge < -0.3 is 10.4 Å². The van der Waals surface area contributed by atoms with Crippen LogP contribution >= 0.6 is 0 Å². The van der Waals surface area contributed by atoms with E-state index in [1.807, 2.05) is 6.07 Å². The summed E-state index contributed by atoms with van der Waals surface area (Å²) in [5, 5.41) is 13.2. The lowest BCUT2D eigenvalue weighted by atomic mass is 9.84. The van der Waals surface area contributed by atoms with E-state index in [0.717, 1.165) is 63.6 Å². The summed E-state index contributed by atoms with van der Waals surface area (Å²) in [6.45, 7) is 1.72. The summed E-state index contributed by atoms with van der Waals surface area (Å²) in [6, 6.07) is 5.75. The Morgan fingerprint density at radius 3 is 2.68 bits per heavy atom. The zero-order chi connectivity index (χ0) is 17.4. The molecule has 1 saturated carbocycles. The second kappa shape index (κ2) is 7.04. The molecule has 25 heavy (non-hydrogen) atoms. The van der Waals surface area contributed by atoms with E-state index in [1.54, 1.807) is 12.1 Å². The molecular formula is C20H27FN2O2. The number of hydrogen-bond acceptors (Lipinski definition) is 3. The highest BCUT2D eigenvalue weighted by Crippen LogP contribution is 2.37. The van der Waals surface area contributed by atoms with Crippen molar-refractivity contribution >= 4 is 5.91 Å². The molecule has 136 valence electrons. The summed E-state index contributed by atoms with van der Waals surface area (Å²) < 4.78 is 13.7. The van der Waals surface area contributed by atoms with Gasteiger partial charge in [-0.2, -0.15) is 0 Å². The van der Waals surface area contributed by atoms with Gasteiger partial charge in [-0.25, -0.2) is 4.39 Å². The summed E-state index contributed by atoms with van der Waals surface area (Å²) in [6.07, 6.45) is 6.05. The van der Waals surface area contributed by atoms with Crippen LogP contribution in [0, 0.1) is 11.7 Å². The number of hydrogen-bond donors (Lipinski definition) is 2. The number of aryl methyl sites for hydroxylation is 1. The summed E-state index contributed by atoms with van der Waals surface area (Å²) in [7, 11) is 0. The van der Waals surface area contributed by atoms with Crippen molar-refractivity contribution in [3.8, 4) is 0 Å². The predicted octanol–water partition coefficient (Wildman–Crippen LogP) is 2.55. The Morgan fingerprint density at radius 1 is 1.20 bits per heavy atom. The van der Waals surface area contributed by atoms with Crippen LogP contribution in [0.5, 0.6) is 0 Å². The molecule has 4 rings (SSSR count). The number of nitrogens with one attached hydrogen (secondary N) is 1. The molecule has 1 saturated heterocycles. The molecule has 0 aromatic heterocycles. The smallest absolute Gasteiger partial charge is 0.249 e. The Morgan fingerprint density at radius 2 is 1.96 bits per heavy atom. The fourth-order valence-electron chi connectivity index (χ4n) is 4.40. The van der Waals surface area contributed by atoms with E-state index in [2.05, 4.69) is 10.2 Å². The van der Waals surface area contributed by atoms with Crippen molar-refractivity contribution < 1.29 is 14.3 Å². The minimum atomic E-state index is -0.890. The van der Waals surface area contributed by atoms with Gasteiger partial charge in [0.05, 0.1) is 0 Å². The number of fused-ring (bicyclic) bond motifs is 1. The summed E-state index contributed by atoms with van der Waals surface area (Å²) >= 11 is 0. The van der Waals surface area contributed by atoms with Crippen molar-refractivity contribution in [2.45, 2.75) is 63.1 Å². The summed E-state index contributed by atoms with van der Waals surface area (Å²) in [5.41, 5.74) is 2.40. The number of rotatable bonds is 4. The zero-order valence-electron chi connectivity index (χ0n) is 14.6. The number of nitrogens with zero attached hydrogens (tertiary/aromatic N) is 1. The molecule has 1 heterocycles. The van der Waals surface area contributed by atoms with Crippen LogP contribution in [0.1, 0.15) is 55.7 Å². The fourth-order valence-corrected chi connectivity index (χ4v) is 4.40. The number of aliphatic hydroxyl groups excluding tert-OH is 1. The highest BCUT2D eigenvalue weighted by Gasteiger charge is 2.35. The topological polar surface area (TPSA) is 52.6 Å². The summed E-state index contributed by atoms with van der Waals surface area (Å²) in [5.74, 6) is -0.329. The van der Waals surface area contributed by atoms with E-state index in [-0.39, 0.29) is 29.7 Å². The van der Waals surface area contributed by atoms with E-state index in [4.69, 9.17) is 0 Å². The average Bonchev–Trinajstić information content (AvgIpc) is 3.44. The van der Waals surface area contributed by atoms with Crippen LogP contribution in [0.15, 0.2) is 18.2 Å². The number of carbonyl (C=O) groups is 1. The minimum Gasteiger partial charge on any atom is -0.383 e. The van der Waals surface area contributed by atoms with Crippen molar-refractivity contribution in [1.29, 1.82) is 0 Å². The van der Waals surface area contributed by atoms with Gasteiger partial charge in [-0.05, 0) is 87.2 Å². The van der Waals surface area contributed by atoms with Gasteiger partial charge in [0.25, 0.3) is 0 Å². The van der Waals surface area contributed by atoms with Gasteiger partial charge in [-0.3, -0.25) is 9.69 Å². The Hall–Kier alpha value is -1.46. The molecule has 5 heteroatoms. The second-order valence-electron chi connectivity index (χ2n) is 7.85. The predicted molar refractivity (Wildman–Crippen MR) is 93.5 cm³/mol. The van der Waals surface area contributed by atoms with Gasteiger partial charge >= 0.3 is 0 Å². The van der Waals surface area contributed by atoms with Gasteiger partial charge in [0.2, 0.25) is 5.91 Å². The Kier molecular flexibility index (Phi) is 4.78. The third kappa shape index (κ3) is 3.72. The molecule has 1 aromatic carbocycles. The molecular weight excluding hydrogens is 319 g/mol. The van der Waals surface area contributed by atoms with Crippen LogP contribution in [-0.4, -0.2) is 41.1 Å². The monoisotopic (exact) mass is 346 g/mol. The first-order chi connectivity index (χ1) is 12.1. The number of benzene rings is 1. The number of aliphatic hydroxyl groups is 1. The number of piperidine rings is 1. The Balaban J connectivity index is 1.37. The lowest BCUT2D eigenvalue weighted by Crippen LogP contribution is -2.46. The number of carbonyl (C=O) groups excluding carboxylic acids is 1. The maximum absolute atomic E-state index is 13.7. The largest absolute Gasteiger partial charge is 0.383 e. The van der Waals surface area contributed by atoms with E-state index >= 15 is 0 Å². The molecule has 2 atom stereocenters. The van der Waals surface area contributed by atoms with Crippen LogP contribution in [0.25, 0.3) is 0 Å². The van der Waals surface area contributed by atoms with Crippen LogP contribution in [0.4, 0.5) is 4.39 Å². The highest BCUT2D eigenvalue weighted by molar-refractivity contribution is 5.81. The third-order valence-electron chi connectivity index (χ3n) is 6.04. The van der Waals surface area contributed by atoms with Crippen molar-refractivity contribution in [2.24, 2.45) is 5.92 Å². The molecule has 2 N–H and O–H groups in total. The summed E-state index contributed by atoms with van der Waals surface area (Å²) in [4.78, 5) is 14.5.